The number of rotatable bonds is 29. The molecule has 0 N–H and O–H groups in total. The van der Waals surface area contributed by atoms with Gasteiger partial charge in [0.25, 0.3) is 0 Å². The molecule has 1 aliphatic heterocycles. The summed E-state index contributed by atoms with van der Waals surface area (Å²) in [6.07, 6.45) is 35.2. The molecule has 0 aromatic heterocycles. The Bertz CT molecular complexity index is 1770. The molecule has 0 bridgehead atoms. The van der Waals surface area contributed by atoms with Crippen LogP contribution in [0, 0.1) is 26.0 Å². The standard InChI is InChI=1S/C47H74N2.2C7H7.Ni/c1-5-9-13-14-15-16-17-18-19-20-21-22-23-24-25-26-27-31-45-44(30-12-8-4)46(42-36-32-40(33-37-42)28-10-6-2)49(48)47(45)43-38-34-41(35-39-43)29-11-7-3;2*1-7-5-3-2-4-6-7;/h32-39H,5-31H2,1-4H3;2*3-6H,1H3;/q;2*-1;+2. The van der Waals surface area contributed by atoms with Crippen molar-refractivity contribution in [3.63, 3.8) is 0 Å². The van der Waals surface area contributed by atoms with E-state index in [4.69, 9.17) is 0 Å². The number of allylic oxidation sites excluding steroid dienone is 2. The molecule has 0 spiro atoms. The molecule has 2 nitrogen and oxygen atoms in total. The van der Waals surface area contributed by atoms with Gasteiger partial charge < -0.3 is 5.53 Å². The molecule has 0 fully saturated rings. The Morgan fingerprint density at radius 1 is 0.359 bits per heavy atom. The molecule has 0 saturated heterocycles. The molecule has 4 aromatic rings. The molecule has 1 aliphatic rings. The zero-order chi connectivity index (χ0) is 45.2. The molecule has 1 heterocycles. The second kappa shape index (κ2) is 36.6. The van der Waals surface area contributed by atoms with Crippen LogP contribution in [0.1, 0.15) is 222 Å². The maximum atomic E-state index is 12.0. The van der Waals surface area contributed by atoms with Gasteiger partial charge in [-0.1, -0.05) is 188 Å². The Balaban J connectivity index is 0.000000790. The van der Waals surface area contributed by atoms with Gasteiger partial charge in [-0.3, -0.25) is 0 Å². The van der Waals surface area contributed by atoms with E-state index in [1.165, 1.54) is 168 Å². The van der Waals surface area contributed by atoms with Gasteiger partial charge in [-0.05, 0) is 86.8 Å². The first-order chi connectivity index (χ1) is 30.9. The van der Waals surface area contributed by atoms with Gasteiger partial charge in [-0.25, -0.2) is 4.70 Å². The van der Waals surface area contributed by atoms with Gasteiger partial charge in [0, 0.05) is 22.3 Å². The maximum absolute atomic E-state index is 12.0. The quantitative estimate of drug-likeness (QED) is 0.0225. The van der Waals surface area contributed by atoms with Crippen LogP contribution in [-0.2, 0) is 29.3 Å². The van der Waals surface area contributed by atoms with Crippen molar-refractivity contribution in [1.82, 2.24) is 0 Å². The second-order valence-electron chi connectivity index (χ2n) is 18.2. The van der Waals surface area contributed by atoms with Crippen LogP contribution in [0.4, 0.5) is 0 Å². The number of benzene rings is 4. The Morgan fingerprint density at radius 3 is 0.938 bits per heavy atom. The Hall–Kier alpha value is -3.55. The third-order valence-corrected chi connectivity index (χ3v) is 12.5. The fourth-order valence-electron chi connectivity index (χ4n) is 8.53. The fourth-order valence-corrected chi connectivity index (χ4v) is 8.53. The summed E-state index contributed by atoms with van der Waals surface area (Å²) in [6.45, 7) is 13.2. The molecule has 64 heavy (non-hydrogen) atoms. The molecule has 0 radical (unpaired) electrons. The first-order valence-electron chi connectivity index (χ1n) is 25.9. The molecular formula is C61H88N2Ni. The smallest absolute Gasteiger partial charge is 0.493 e. The van der Waals surface area contributed by atoms with Crippen molar-refractivity contribution in [1.29, 1.82) is 0 Å². The van der Waals surface area contributed by atoms with Gasteiger partial charge in [0.05, 0.1) is 0 Å². The number of nitrogens with zero attached hydrogens (tertiary/aromatic N) is 2. The number of unbranched alkanes of at least 4 members (excludes halogenated alkanes) is 19. The van der Waals surface area contributed by atoms with Crippen molar-refractivity contribution in [2.75, 3.05) is 0 Å². The van der Waals surface area contributed by atoms with Crippen molar-refractivity contribution in [3.05, 3.63) is 159 Å². The van der Waals surface area contributed by atoms with Crippen LogP contribution in [0.2, 0.25) is 0 Å². The van der Waals surface area contributed by atoms with E-state index in [2.05, 4.69) is 102 Å². The summed E-state index contributed by atoms with van der Waals surface area (Å²) in [7, 11) is 0. The molecule has 352 valence electrons. The predicted molar refractivity (Wildman–Crippen MR) is 276 cm³/mol. The number of aryl methyl sites for hydroxylation is 4. The molecular weight excluding hydrogens is 819 g/mol. The zero-order valence-corrected chi connectivity index (χ0v) is 42.5. The normalized spacial score (nSPS) is 12.1. The Morgan fingerprint density at radius 2 is 0.641 bits per heavy atom. The van der Waals surface area contributed by atoms with Gasteiger partial charge in [0.15, 0.2) is 0 Å². The van der Waals surface area contributed by atoms with E-state index in [1.807, 2.05) is 48.5 Å². The first kappa shape index (κ1) is 56.6. The second-order valence-corrected chi connectivity index (χ2v) is 18.2. The average molecular weight is 908 g/mol. The summed E-state index contributed by atoms with van der Waals surface area (Å²) in [5.74, 6) is 0. The van der Waals surface area contributed by atoms with E-state index in [9.17, 15) is 5.53 Å². The van der Waals surface area contributed by atoms with Gasteiger partial charge in [0.1, 0.15) is 0 Å². The van der Waals surface area contributed by atoms with Crippen LogP contribution in [-0.4, -0.2) is 4.70 Å². The predicted octanol–water partition coefficient (Wildman–Crippen LogP) is 19.4. The minimum atomic E-state index is 0. The monoisotopic (exact) mass is 907 g/mol. The first-order valence-corrected chi connectivity index (χ1v) is 25.9. The van der Waals surface area contributed by atoms with Gasteiger partial charge >= 0.3 is 16.5 Å². The topological polar surface area (TPSA) is 25.3 Å². The van der Waals surface area contributed by atoms with E-state index in [-0.39, 0.29) is 16.5 Å². The van der Waals surface area contributed by atoms with Crippen molar-refractivity contribution < 1.29 is 21.2 Å². The van der Waals surface area contributed by atoms with Crippen molar-refractivity contribution >= 4 is 11.4 Å². The van der Waals surface area contributed by atoms with Gasteiger partial charge in [-0.15, -0.1) is 0 Å². The van der Waals surface area contributed by atoms with Crippen LogP contribution < -0.4 is 0 Å². The van der Waals surface area contributed by atoms with Gasteiger partial charge in [-0.2, -0.15) is 71.8 Å². The van der Waals surface area contributed by atoms with Crippen LogP contribution in [0.5, 0.6) is 0 Å². The van der Waals surface area contributed by atoms with Crippen molar-refractivity contribution in [2.45, 2.75) is 215 Å². The molecule has 3 heteroatoms. The van der Waals surface area contributed by atoms with Crippen molar-refractivity contribution in [2.24, 2.45) is 0 Å². The van der Waals surface area contributed by atoms with Crippen LogP contribution in [0.15, 0.2) is 108 Å². The maximum Gasteiger partial charge on any atom is 2.00 e. The van der Waals surface area contributed by atoms with E-state index in [1.54, 1.807) is 4.70 Å². The van der Waals surface area contributed by atoms with E-state index >= 15 is 0 Å². The van der Waals surface area contributed by atoms with Crippen LogP contribution in [0.3, 0.4) is 0 Å². The largest absolute Gasteiger partial charge is 2.00 e. The number of hydrogen-bond acceptors (Lipinski definition) is 0. The summed E-state index contributed by atoms with van der Waals surface area (Å²) in [4.78, 5) is 0. The summed E-state index contributed by atoms with van der Waals surface area (Å²) in [5.41, 5.74) is 24.4. The van der Waals surface area contributed by atoms with Crippen LogP contribution >= 0.6 is 0 Å². The molecule has 4 aromatic carbocycles. The summed E-state index contributed by atoms with van der Waals surface area (Å²) in [6, 6.07) is 39.8. The summed E-state index contributed by atoms with van der Waals surface area (Å²) < 4.78 is 1.57. The Kier molecular flexibility index (Phi) is 32.4. The van der Waals surface area contributed by atoms with Crippen molar-refractivity contribution in [3.8, 4) is 0 Å². The van der Waals surface area contributed by atoms with Crippen LogP contribution in [0.25, 0.3) is 16.9 Å². The third kappa shape index (κ3) is 23.1. The third-order valence-electron chi connectivity index (χ3n) is 12.5. The minimum Gasteiger partial charge on any atom is -0.493 e. The average Bonchev–Trinajstić information content (AvgIpc) is 3.58. The van der Waals surface area contributed by atoms with Gasteiger partial charge in [0.2, 0.25) is 11.4 Å². The van der Waals surface area contributed by atoms with E-state index < -0.39 is 0 Å². The molecule has 0 saturated carbocycles. The molecule has 5 rings (SSSR count). The fraction of sp³-hybridized carbons (Fsp3) is 0.541. The SMILES string of the molecule is CCCCCCCCCCCCCCCCCCCC1=C(c2ccc(CCCC)cc2)[N+](=[N-])C(c2ccc(CCCC)cc2)=C1CCCC.Cc1cc[c-]cc1.Cc1cc[c-]cc1.[Ni+2]. The van der Waals surface area contributed by atoms with E-state index in [0.29, 0.717) is 0 Å². The summed E-state index contributed by atoms with van der Waals surface area (Å²) >= 11 is 0. The molecule has 0 amide bonds. The Labute approximate surface area is 404 Å². The summed E-state index contributed by atoms with van der Waals surface area (Å²) in [5, 5.41) is 0. The zero-order valence-electron chi connectivity index (χ0n) is 41.5. The van der Waals surface area contributed by atoms with E-state index in [0.717, 1.165) is 61.0 Å². The molecule has 0 unspecified atom stereocenters. The molecule has 0 atom stereocenters. The number of hydrogen-bond donors (Lipinski definition) is 0. The minimum absolute atomic E-state index is 0. The molecule has 0 aliphatic carbocycles.